The van der Waals surface area contributed by atoms with Crippen LogP contribution < -0.4 is 0 Å². The van der Waals surface area contributed by atoms with E-state index in [2.05, 4.69) is 0 Å². The second kappa shape index (κ2) is 29700. The van der Waals surface area contributed by atoms with E-state index in [9.17, 15) is 0 Å². The molecule has 0 rings (SSSR count). The van der Waals surface area contributed by atoms with Crippen LogP contribution in [0.4, 0.5) is 0 Å². The summed E-state index contributed by atoms with van der Waals surface area (Å²) in [6.45, 7) is 0. The molecule has 0 aliphatic heterocycles. The van der Waals surface area contributed by atoms with Crippen LogP contribution in [0.5, 0.6) is 0 Å². The van der Waals surface area contributed by atoms with Gasteiger partial charge in [-0.15, -0.1) is 0 Å². The zero-order valence-electron chi connectivity index (χ0n) is 33.6. The quantitative estimate of drug-likeness (QED) is 0.218. The Morgan fingerprint density at radius 1 is 0.0235 bits per heavy atom. The van der Waals surface area contributed by atoms with Crippen LogP contribution in [0.2, 0.25) is 0 Å². The Labute approximate surface area is 630 Å². The standard InChI is InChI=1S/15Co.70O/q15*+2;70*-2. The fourth-order valence-electron chi connectivity index (χ4n) is 0. The van der Waals surface area contributed by atoms with Gasteiger partial charge in [0.15, 0.2) is 0 Å². The number of hydrogen-bond donors (Lipinski definition) is 0. The Kier molecular flexibility index (Phi) is 10800000. The summed E-state index contributed by atoms with van der Waals surface area (Å²) in [5.74, 6) is 0. The first-order valence-electron chi connectivity index (χ1n) is 0. The summed E-state index contributed by atoms with van der Waals surface area (Å²) in [6.07, 6.45) is 0. The van der Waals surface area contributed by atoms with Crippen LogP contribution in [0.15, 0.2) is 0 Å². The van der Waals surface area contributed by atoms with Crippen LogP contribution in [-0.2, 0) is 635 Å². The summed E-state index contributed by atoms with van der Waals surface area (Å²) in [5.41, 5.74) is 0. The van der Waals surface area contributed by atoms with E-state index < -0.39 is 0 Å². The first kappa shape index (κ1) is 30800. The average molecular weight is 2000 g/mol. The van der Waals surface area contributed by atoms with Crippen molar-refractivity contribution in [3.8, 4) is 0 Å². The van der Waals surface area contributed by atoms with Crippen molar-refractivity contribution in [1.29, 1.82) is 0 Å². The molecule has 0 unspecified atom stereocenters. The monoisotopic (exact) mass is 2000 g/mol. The third kappa shape index (κ3) is 29100. The SMILES string of the molecule is [Co+2].[Co+2].[Co+2].[Co+2].[Co+2].[Co+2].[Co+2].[Co+2].[Co+2].[Co+2].[Co+2].[Co+2].[Co+2].[Co+2].[Co+2].[O-2].[O-2].[O-2].[O-2].[O-2].[O-2].[O-2].[O-2].[O-2].[O-2].[O-2].[O-2].[O-2].[O-2].[O-2].[O-2].[O-2].[O-2].[O-2].[O-2].[O-2].[O-2].[O-2].[O-2].[O-2].[O-2].[O-2].[O-2].[O-2].[O-2].[O-2].[O-2].[O-2].[O-2].[O-2].[O-2].[O-2].[O-2].[O-2].[O-2].[O-2].[O-2].[O-2].[O-2].[O-2].[O-2].[O-2].[O-2].[O-2].[O-2].[O-2].[O-2].[O-2].[O-2].[O-2].[O-2].[O-2].[O-2].[O-2].[O-2].[O-2].[O-2].[O-2].[O-2].[O-2].[O-2].[O-2].[O-2].[O-2].[O-2]. The van der Waals surface area contributed by atoms with E-state index in [4.69, 9.17) is 0 Å². The predicted molar refractivity (Wildman–Crippen MR) is 48.1 cm³/mol. The smallest absolute Gasteiger partial charge is 2.00 e. The third-order valence-corrected chi connectivity index (χ3v) is 0. The maximum Gasteiger partial charge on any atom is 2.00 e. The van der Waals surface area contributed by atoms with Crippen LogP contribution in [0.1, 0.15) is 0 Å². The molecule has 15 radical (unpaired) electrons. The van der Waals surface area contributed by atoms with Gasteiger partial charge in [-0.25, -0.2) is 0 Å². The zero-order chi connectivity index (χ0) is 0. The van der Waals surface area contributed by atoms with Gasteiger partial charge in [0.05, 0.1) is 0 Å². The first-order valence-corrected chi connectivity index (χ1v) is 0. The fourth-order valence-corrected chi connectivity index (χ4v) is 0. The van der Waals surface area contributed by atoms with E-state index in [-0.39, 0.29) is 635 Å². The molecule has 0 aromatic carbocycles. The van der Waals surface area contributed by atoms with Crippen molar-refractivity contribution < 1.29 is 635 Å². The molecule has 0 spiro atoms. The van der Waals surface area contributed by atoms with E-state index in [0.29, 0.717) is 0 Å². The molecule has 0 heterocycles. The molecule has 70 nitrogen and oxygen atoms in total. The van der Waals surface area contributed by atoms with Crippen molar-refractivity contribution in [2.24, 2.45) is 0 Å². The molecule has 85 heavy (non-hydrogen) atoms. The molecule has 0 saturated carbocycles. The van der Waals surface area contributed by atoms with Gasteiger partial charge in [0, 0.05) is 0 Å². The third-order valence-electron chi connectivity index (χ3n) is 0. The summed E-state index contributed by atoms with van der Waals surface area (Å²) in [6, 6.07) is 0. The van der Waals surface area contributed by atoms with Gasteiger partial charge in [0.2, 0.25) is 0 Å². The molecule has 0 atom stereocenters. The molecule has 0 aliphatic carbocycles. The van der Waals surface area contributed by atoms with Crippen LogP contribution >= 0.6 is 0 Å². The Morgan fingerprint density at radius 2 is 0.0235 bits per heavy atom. The Morgan fingerprint density at radius 3 is 0.0235 bits per heavy atom. The van der Waals surface area contributed by atoms with Gasteiger partial charge in [-0.1, -0.05) is 0 Å². The van der Waals surface area contributed by atoms with Crippen LogP contribution in [-0.4, -0.2) is 0 Å². The predicted octanol–water partition coefficient (Wildman–Crippen LogP) is -8.35. The molecule has 0 saturated heterocycles. The molecule has 0 aromatic heterocycles. The van der Waals surface area contributed by atoms with Crippen LogP contribution in [0.3, 0.4) is 0 Å². The van der Waals surface area contributed by atoms with Gasteiger partial charge in [0.1, 0.15) is 0 Å². The van der Waals surface area contributed by atoms with Gasteiger partial charge in [0.25, 0.3) is 0 Å². The molecular formula is Co15O70-110. The Balaban J connectivity index is 0. The van der Waals surface area contributed by atoms with E-state index in [1.165, 1.54) is 0 Å². The van der Waals surface area contributed by atoms with E-state index >= 15 is 0 Å². The summed E-state index contributed by atoms with van der Waals surface area (Å²) < 4.78 is 0. The minimum Gasteiger partial charge on any atom is -2.00 e. The summed E-state index contributed by atoms with van der Waals surface area (Å²) in [4.78, 5) is 0. The molecule has 0 aliphatic rings. The van der Waals surface area contributed by atoms with Crippen molar-refractivity contribution in [2.45, 2.75) is 0 Å². The van der Waals surface area contributed by atoms with Crippen LogP contribution in [0.25, 0.3) is 0 Å². The zero-order valence-corrected chi connectivity index (χ0v) is 49.2. The van der Waals surface area contributed by atoms with E-state index in [1.807, 2.05) is 0 Å². The van der Waals surface area contributed by atoms with Gasteiger partial charge >= 0.3 is 252 Å². The van der Waals surface area contributed by atoms with Gasteiger partial charge in [-0.05, 0) is 0 Å². The van der Waals surface area contributed by atoms with Gasteiger partial charge in [-0.3, -0.25) is 0 Å². The summed E-state index contributed by atoms with van der Waals surface area (Å²) in [7, 11) is 0. The second-order valence-electron chi connectivity index (χ2n) is 0. The van der Waals surface area contributed by atoms with Gasteiger partial charge < -0.3 is 383 Å². The minimum absolute atomic E-state index is 0. The van der Waals surface area contributed by atoms with E-state index in [0.717, 1.165) is 0 Å². The molecule has 85 heteroatoms. The van der Waals surface area contributed by atoms with Crippen molar-refractivity contribution in [2.75, 3.05) is 0 Å². The molecule has 0 bridgehead atoms. The minimum atomic E-state index is 0. The van der Waals surface area contributed by atoms with Crippen molar-refractivity contribution >= 4 is 0 Å². The summed E-state index contributed by atoms with van der Waals surface area (Å²) >= 11 is 0. The molecule has 0 amide bonds. The van der Waals surface area contributed by atoms with Crippen molar-refractivity contribution in [1.82, 2.24) is 0 Å². The average Bonchev–Trinajstić information content (AvgIpc) is 0. The summed E-state index contributed by atoms with van der Waals surface area (Å²) in [5, 5.41) is 0. The topological polar surface area (TPSA) is 2000 Å². The van der Waals surface area contributed by atoms with Gasteiger partial charge in [-0.2, -0.15) is 0 Å². The Bertz CT molecular complexity index is 57.1. The normalized spacial score (nSPS) is 0. The first-order chi connectivity index (χ1) is 0. The van der Waals surface area contributed by atoms with Crippen molar-refractivity contribution in [3.05, 3.63) is 0 Å². The van der Waals surface area contributed by atoms with Crippen molar-refractivity contribution in [3.63, 3.8) is 0 Å². The van der Waals surface area contributed by atoms with E-state index in [1.54, 1.807) is 0 Å². The molecule has 0 fully saturated rings. The Hall–Kier alpha value is 4.80. The molecular weight excluding hydrogens is 2000 g/mol. The number of rotatable bonds is 0. The largest absolute Gasteiger partial charge is 2.00 e. The molecule has 0 aromatic rings. The van der Waals surface area contributed by atoms with Crippen LogP contribution in [0, 0.1) is 0 Å². The molecule has 665 valence electrons. The maximum atomic E-state index is 0. The maximum absolute atomic E-state index is 0. The number of hydrogen-bond acceptors (Lipinski definition) is 0. The molecule has 0 N–H and O–H groups in total. The second-order valence-corrected chi connectivity index (χ2v) is 0. The fraction of sp³-hybridized carbons (Fsp3) is 0.